The van der Waals surface area contributed by atoms with E-state index in [0.29, 0.717) is 25.9 Å². The van der Waals surface area contributed by atoms with Crippen LogP contribution in [0.4, 0.5) is 0 Å². The number of nitrogens with one attached hydrogen (secondary N) is 1. The summed E-state index contributed by atoms with van der Waals surface area (Å²) in [5.74, 6) is -0.202. The van der Waals surface area contributed by atoms with Crippen molar-refractivity contribution in [2.45, 2.75) is 39.3 Å². The Morgan fingerprint density at radius 3 is 2.15 bits per heavy atom. The summed E-state index contributed by atoms with van der Waals surface area (Å²) in [4.78, 5) is 27.7. The number of benzene rings is 2. The van der Waals surface area contributed by atoms with E-state index < -0.39 is 5.41 Å². The molecule has 4 nitrogen and oxygen atoms in total. The van der Waals surface area contributed by atoms with Gasteiger partial charge in [-0.15, -0.1) is 0 Å². The summed E-state index contributed by atoms with van der Waals surface area (Å²) in [7, 11) is 0. The third kappa shape index (κ3) is 3.79. The van der Waals surface area contributed by atoms with Crippen LogP contribution in [-0.4, -0.2) is 23.3 Å². The normalized spacial score (nSPS) is 15.8. The highest BCUT2D eigenvalue weighted by molar-refractivity contribution is 6.07. The molecule has 2 amide bonds. The molecule has 0 heterocycles. The van der Waals surface area contributed by atoms with Crippen molar-refractivity contribution in [3.63, 3.8) is 0 Å². The van der Waals surface area contributed by atoms with Crippen LogP contribution >= 0.6 is 0 Å². The van der Waals surface area contributed by atoms with Gasteiger partial charge in [0.1, 0.15) is 5.41 Å². The predicted molar refractivity (Wildman–Crippen MR) is 102 cm³/mol. The van der Waals surface area contributed by atoms with E-state index in [4.69, 9.17) is 0 Å². The van der Waals surface area contributed by atoms with Crippen LogP contribution in [0.3, 0.4) is 0 Å². The molecule has 1 saturated carbocycles. The minimum atomic E-state index is -0.881. The molecule has 0 aromatic heterocycles. The van der Waals surface area contributed by atoms with Gasteiger partial charge in [0.2, 0.25) is 11.8 Å². The number of nitrogens with zero attached hydrogens (tertiary/aromatic N) is 1. The van der Waals surface area contributed by atoms with Crippen molar-refractivity contribution < 1.29 is 9.59 Å². The van der Waals surface area contributed by atoms with Crippen molar-refractivity contribution in [2.24, 2.45) is 5.41 Å². The van der Waals surface area contributed by atoms with Crippen molar-refractivity contribution in [3.05, 3.63) is 71.8 Å². The Bertz CT molecular complexity index is 754. The quantitative estimate of drug-likeness (QED) is 0.774. The number of rotatable bonds is 7. The number of hydrogen-bond donors (Lipinski definition) is 1. The number of carbonyl (C=O) groups excluding carboxylic acids is 2. The zero-order valence-electron chi connectivity index (χ0n) is 15.4. The van der Waals surface area contributed by atoms with E-state index in [1.165, 1.54) is 0 Å². The van der Waals surface area contributed by atoms with Crippen LogP contribution in [0.1, 0.15) is 43.9 Å². The Balaban J connectivity index is 1.68. The SMILES string of the molecule is CCN(Cc1ccccc1)C(=O)C1(C(=O)NC(C)c2ccccc2)CC1. The van der Waals surface area contributed by atoms with Gasteiger partial charge in [-0.05, 0) is 37.8 Å². The summed E-state index contributed by atoms with van der Waals surface area (Å²) in [6.07, 6.45) is 1.26. The number of hydrogen-bond acceptors (Lipinski definition) is 2. The lowest BCUT2D eigenvalue weighted by molar-refractivity contribution is -0.144. The lowest BCUT2D eigenvalue weighted by Crippen LogP contribution is -2.45. The third-order valence-corrected chi connectivity index (χ3v) is 5.13. The Morgan fingerprint density at radius 2 is 1.62 bits per heavy atom. The van der Waals surface area contributed by atoms with E-state index in [9.17, 15) is 9.59 Å². The summed E-state index contributed by atoms with van der Waals surface area (Å²) >= 11 is 0. The van der Waals surface area contributed by atoms with E-state index in [1.54, 1.807) is 4.90 Å². The first-order valence-electron chi connectivity index (χ1n) is 9.26. The first-order valence-corrected chi connectivity index (χ1v) is 9.26. The average Bonchev–Trinajstić information content (AvgIpc) is 3.49. The molecule has 1 N–H and O–H groups in total. The molecule has 1 aliphatic carbocycles. The van der Waals surface area contributed by atoms with Gasteiger partial charge in [0.15, 0.2) is 0 Å². The minimum absolute atomic E-state index is 0.0541. The van der Waals surface area contributed by atoms with E-state index >= 15 is 0 Å². The summed E-state index contributed by atoms with van der Waals surface area (Å²) in [5, 5.41) is 3.04. The smallest absolute Gasteiger partial charge is 0.238 e. The first kappa shape index (κ1) is 18.2. The zero-order valence-corrected chi connectivity index (χ0v) is 15.4. The fourth-order valence-corrected chi connectivity index (χ4v) is 3.26. The molecule has 1 unspecified atom stereocenters. The van der Waals surface area contributed by atoms with Gasteiger partial charge in [0.05, 0.1) is 6.04 Å². The summed E-state index contributed by atoms with van der Waals surface area (Å²) in [5.41, 5.74) is 1.24. The van der Waals surface area contributed by atoms with Gasteiger partial charge in [-0.3, -0.25) is 9.59 Å². The molecule has 136 valence electrons. The van der Waals surface area contributed by atoms with Crippen molar-refractivity contribution >= 4 is 11.8 Å². The van der Waals surface area contributed by atoms with Crippen LogP contribution in [0.15, 0.2) is 60.7 Å². The highest BCUT2D eigenvalue weighted by Gasteiger charge is 2.58. The molecule has 2 aromatic carbocycles. The molecule has 0 aliphatic heterocycles. The largest absolute Gasteiger partial charge is 0.349 e. The maximum absolute atomic E-state index is 13.1. The number of carbonyl (C=O) groups is 2. The average molecular weight is 350 g/mol. The molecule has 0 radical (unpaired) electrons. The fraction of sp³-hybridized carbons (Fsp3) is 0.364. The Kier molecular flexibility index (Phi) is 5.40. The van der Waals surface area contributed by atoms with Gasteiger partial charge in [-0.25, -0.2) is 0 Å². The molecular formula is C22H26N2O2. The van der Waals surface area contributed by atoms with Crippen LogP contribution in [0.5, 0.6) is 0 Å². The summed E-state index contributed by atoms with van der Waals surface area (Å²) in [6, 6.07) is 19.6. The maximum Gasteiger partial charge on any atom is 0.238 e. The molecule has 0 saturated heterocycles. The molecule has 4 heteroatoms. The molecule has 0 spiro atoms. The van der Waals surface area contributed by atoms with Crippen LogP contribution < -0.4 is 5.32 Å². The Labute approximate surface area is 155 Å². The van der Waals surface area contributed by atoms with Crippen molar-refractivity contribution in [2.75, 3.05) is 6.54 Å². The maximum atomic E-state index is 13.1. The minimum Gasteiger partial charge on any atom is -0.349 e. The standard InChI is InChI=1S/C22H26N2O2/c1-3-24(16-18-10-6-4-7-11-18)21(26)22(14-15-22)20(25)23-17(2)19-12-8-5-9-13-19/h4-13,17H,3,14-16H2,1-2H3,(H,23,25). The van der Waals surface area contributed by atoms with Gasteiger partial charge in [-0.1, -0.05) is 60.7 Å². The van der Waals surface area contributed by atoms with Crippen LogP contribution in [0.25, 0.3) is 0 Å². The van der Waals surface area contributed by atoms with Crippen LogP contribution in [0.2, 0.25) is 0 Å². The Hall–Kier alpha value is -2.62. The highest BCUT2D eigenvalue weighted by Crippen LogP contribution is 2.48. The third-order valence-electron chi connectivity index (χ3n) is 5.13. The van der Waals surface area contributed by atoms with E-state index in [1.807, 2.05) is 74.5 Å². The second kappa shape index (κ2) is 7.73. The van der Waals surface area contributed by atoms with Gasteiger partial charge in [0, 0.05) is 13.1 Å². The van der Waals surface area contributed by atoms with E-state index in [2.05, 4.69) is 5.32 Å². The lowest BCUT2D eigenvalue weighted by atomic mass is 10.0. The Morgan fingerprint density at radius 1 is 1.04 bits per heavy atom. The second-order valence-electron chi connectivity index (χ2n) is 6.99. The monoisotopic (exact) mass is 350 g/mol. The van der Waals surface area contributed by atoms with Crippen LogP contribution in [0, 0.1) is 5.41 Å². The summed E-state index contributed by atoms with van der Waals surface area (Å²) < 4.78 is 0. The van der Waals surface area contributed by atoms with Gasteiger partial charge in [0.25, 0.3) is 0 Å². The molecule has 1 atom stereocenters. The predicted octanol–water partition coefficient (Wildman–Crippen LogP) is 3.69. The summed E-state index contributed by atoms with van der Waals surface area (Å²) in [6.45, 7) is 5.05. The lowest BCUT2D eigenvalue weighted by Gasteiger charge is -2.27. The van der Waals surface area contributed by atoms with Gasteiger partial charge >= 0.3 is 0 Å². The van der Waals surface area contributed by atoms with Gasteiger partial charge in [-0.2, -0.15) is 0 Å². The molecule has 1 fully saturated rings. The topological polar surface area (TPSA) is 49.4 Å². The molecule has 0 bridgehead atoms. The van der Waals surface area contributed by atoms with Crippen molar-refractivity contribution in [1.29, 1.82) is 0 Å². The molecule has 2 aromatic rings. The van der Waals surface area contributed by atoms with E-state index in [-0.39, 0.29) is 17.9 Å². The highest BCUT2D eigenvalue weighted by atomic mass is 16.2. The van der Waals surface area contributed by atoms with Crippen molar-refractivity contribution in [3.8, 4) is 0 Å². The molecular weight excluding hydrogens is 324 g/mol. The number of amides is 2. The van der Waals surface area contributed by atoms with Crippen LogP contribution in [-0.2, 0) is 16.1 Å². The molecule has 1 aliphatic rings. The fourth-order valence-electron chi connectivity index (χ4n) is 3.26. The van der Waals surface area contributed by atoms with E-state index in [0.717, 1.165) is 11.1 Å². The molecule has 26 heavy (non-hydrogen) atoms. The van der Waals surface area contributed by atoms with Gasteiger partial charge < -0.3 is 10.2 Å². The van der Waals surface area contributed by atoms with Crippen molar-refractivity contribution in [1.82, 2.24) is 10.2 Å². The second-order valence-corrected chi connectivity index (χ2v) is 6.99. The first-order chi connectivity index (χ1) is 12.6. The molecule has 3 rings (SSSR count). The zero-order chi connectivity index (χ0) is 18.6.